The summed E-state index contributed by atoms with van der Waals surface area (Å²) in [6.07, 6.45) is 7.76. The fraction of sp³-hybridized carbons (Fsp3) is 0.391. The van der Waals surface area contributed by atoms with E-state index in [1.165, 1.54) is 12.1 Å². The van der Waals surface area contributed by atoms with Crippen LogP contribution in [0, 0.1) is 24.5 Å². The average Bonchev–Trinajstić information content (AvgIpc) is 3.34. The van der Waals surface area contributed by atoms with Crippen LogP contribution in [0.4, 0.5) is 8.78 Å². The first kappa shape index (κ1) is 19.7. The maximum atomic E-state index is 13.8. The van der Waals surface area contributed by atoms with Crippen molar-refractivity contribution >= 4 is 0 Å². The monoisotopic (exact) mass is 397 g/mol. The van der Waals surface area contributed by atoms with Gasteiger partial charge in [0.25, 0.3) is 0 Å². The Morgan fingerprint density at radius 2 is 1.79 bits per heavy atom. The number of aromatic nitrogens is 2. The number of aryl methyl sites for hydroxylation is 1. The Morgan fingerprint density at radius 1 is 1.00 bits per heavy atom. The van der Waals surface area contributed by atoms with Gasteiger partial charge in [0.2, 0.25) is 0 Å². The summed E-state index contributed by atoms with van der Waals surface area (Å²) in [4.78, 5) is 6.48. The van der Waals surface area contributed by atoms with Crippen molar-refractivity contribution in [2.45, 2.75) is 51.7 Å². The Labute approximate surface area is 169 Å². The standard InChI is InChI=1S/C23H25F2N3O/c1-16-11-20(29-27-16)13-19-3-2-4-23(19)28(14-17-7-9-26-10-8-17)15-18-5-6-21(24)22(25)12-18/h5-12,19,23H,2-4,13-15H2,1H3/t19-,23+/m0/s1. The molecule has 0 bridgehead atoms. The lowest BCUT2D eigenvalue weighted by atomic mass is 9.95. The summed E-state index contributed by atoms with van der Waals surface area (Å²) in [6, 6.07) is 10.5. The number of nitrogens with zero attached hydrogens (tertiary/aromatic N) is 3. The minimum absolute atomic E-state index is 0.335. The van der Waals surface area contributed by atoms with E-state index in [0.29, 0.717) is 18.5 Å². The highest BCUT2D eigenvalue weighted by Crippen LogP contribution is 2.34. The summed E-state index contributed by atoms with van der Waals surface area (Å²) in [5.74, 6) is -0.258. The first-order chi connectivity index (χ1) is 14.1. The van der Waals surface area contributed by atoms with Gasteiger partial charge in [0, 0.05) is 44.0 Å². The number of halogens is 2. The smallest absolute Gasteiger partial charge is 0.159 e. The van der Waals surface area contributed by atoms with Gasteiger partial charge in [-0.15, -0.1) is 0 Å². The first-order valence-corrected chi connectivity index (χ1v) is 10.1. The van der Waals surface area contributed by atoms with Gasteiger partial charge in [-0.1, -0.05) is 17.6 Å². The van der Waals surface area contributed by atoms with Crippen LogP contribution in [0.15, 0.2) is 53.3 Å². The molecular formula is C23H25F2N3O. The molecule has 2 heterocycles. The largest absolute Gasteiger partial charge is 0.361 e. The van der Waals surface area contributed by atoms with Gasteiger partial charge < -0.3 is 4.52 Å². The Bertz CT molecular complexity index is 944. The van der Waals surface area contributed by atoms with Crippen LogP contribution in [-0.4, -0.2) is 21.1 Å². The van der Waals surface area contributed by atoms with Crippen LogP contribution < -0.4 is 0 Å². The van der Waals surface area contributed by atoms with Crippen molar-refractivity contribution in [3.05, 3.63) is 83.0 Å². The fourth-order valence-corrected chi connectivity index (χ4v) is 4.39. The lowest BCUT2D eigenvalue weighted by Gasteiger charge is -2.33. The third kappa shape index (κ3) is 4.88. The van der Waals surface area contributed by atoms with Crippen LogP contribution in [0.5, 0.6) is 0 Å². The molecule has 4 nitrogen and oxygen atoms in total. The zero-order valence-corrected chi connectivity index (χ0v) is 16.5. The van der Waals surface area contributed by atoms with Gasteiger partial charge in [-0.3, -0.25) is 9.88 Å². The molecule has 2 aromatic heterocycles. The lowest BCUT2D eigenvalue weighted by molar-refractivity contribution is 0.138. The van der Waals surface area contributed by atoms with Gasteiger partial charge in [-0.2, -0.15) is 0 Å². The quantitative estimate of drug-likeness (QED) is 0.558. The third-order valence-electron chi connectivity index (χ3n) is 5.73. The second-order valence-corrected chi connectivity index (χ2v) is 7.91. The van der Waals surface area contributed by atoms with Crippen LogP contribution >= 0.6 is 0 Å². The van der Waals surface area contributed by atoms with E-state index >= 15 is 0 Å². The second kappa shape index (κ2) is 8.82. The molecule has 0 aliphatic heterocycles. The number of pyridine rings is 1. The molecule has 0 spiro atoms. The number of hydrogen-bond donors (Lipinski definition) is 0. The zero-order valence-electron chi connectivity index (χ0n) is 16.5. The summed E-state index contributed by atoms with van der Waals surface area (Å²) in [5.41, 5.74) is 2.83. The van der Waals surface area contributed by atoms with Gasteiger partial charge in [0.05, 0.1) is 5.69 Å². The van der Waals surface area contributed by atoms with Crippen LogP contribution in [-0.2, 0) is 19.5 Å². The molecule has 29 heavy (non-hydrogen) atoms. The third-order valence-corrected chi connectivity index (χ3v) is 5.73. The van der Waals surface area contributed by atoms with Gasteiger partial charge in [-0.05, 0) is 61.1 Å². The van der Waals surface area contributed by atoms with Crippen molar-refractivity contribution in [3.63, 3.8) is 0 Å². The van der Waals surface area contributed by atoms with Crippen LogP contribution in [0.25, 0.3) is 0 Å². The van der Waals surface area contributed by atoms with E-state index in [0.717, 1.165) is 54.8 Å². The van der Waals surface area contributed by atoms with E-state index in [9.17, 15) is 8.78 Å². The topological polar surface area (TPSA) is 42.2 Å². The first-order valence-electron chi connectivity index (χ1n) is 10.1. The summed E-state index contributed by atoms with van der Waals surface area (Å²) < 4.78 is 32.6. The average molecular weight is 397 g/mol. The molecule has 0 N–H and O–H groups in total. The molecule has 0 saturated heterocycles. The van der Waals surface area contributed by atoms with Gasteiger partial charge in [-0.25, -0.2) is 8.78 Å². The van der Waals surface area contributed by atoms with Crippen molar-refractivity contribution in [1.82, 2.24) is 15.0 Å². The molecule has 1 aliphatic carbocycles. The van der Waals surface area contributed by atoms with Crippen LogP contribution in [0.1, 0.15) is 41.8 Å². The maximum absolute atomic E-state index is 13.8. The molecule has 1 aromatic carbocycles. The molecule has 152 valence electrons. The summed E-state index contributed by atoms with van der Waals surface area (Å²) in [5, 5.41) is 4.01. The van der Waals surface area contributed by atoms with Gasteiger partial charge in [0.15, 0.2) is 11.6 Å². The van der Waals surface area contributed by atoms with Crippen LogP contribution in [0.2, 0.25) is 0 Å². The van der Waals surface area contributed by atoms with Crippen LogP contribution in [0.3, 0.4) is 0 Å². The van der Waals surface area contributed by atoms with Crippen molar-refractivity contribution < 1.29 is 13.3 Å². The molecule has 1 aliphatic rings. The summed E-state index contributed by atoms with van der Waals surface area (Å²) in [6.45, 7) is 3.23. The van der Waals surface area contributed by atoms with E-state index in [4.69, 9.17) is 4.52 Å². The normalized spacial score (nSPS) is 19.2. The molecule has 0 amide bonds. The minimum Gasteiger partial charge on any atom is -0.361 e. The van der Waals surface area contributed by atoms with Crippen molar-refractivity contribution in [3.8, 4) is 0 Å². The molecular weight excluding hydrogens is 372 g/mol. The molecule has 4 rings (SSSR count). The Hall–Kier alpha value is -2.60. The second-order valence-electron chi connectivity index (χ2n) is 7.91. The Kier molecular flexibility index (Phi) is 6.00. The molecule has 1 fully saturated rings. The summed E-state index contributed by atoms with van der Waals surface area (Å²) >= 11 is 0. The maximum Gasteiger partial charge on any atom is 0.159 e. The minimum atomic E-state index is -0.811. The van der Waals surface area contributed by atoms with E-state index in [1.54, 1.807) is 18.5 Å². The van der Waals surface area contributed by atoms with Crippen molar-refractivity contribution in [2.75, 3.05) is 0 Å². The molecule has 0 unspecified atom stereocenters. The predicted molar refractivity (Wildman–Crippen MR) is 106 cm³/mol. The molecule has 3 aromatic rings. The number of hydrogen-bond acceptors (Lipinski definition) is 4. The van der Waals surface area contributed by atoms with Crippen molar-refractivity contribution in [2.24, 2.45) is 5.92 Å². The van der Waals surface area contributed by atoms with Gasteiger partial charge >= 0.3 is 0 Å². The Morgan fingerprint density at radius 3 is 2.52 bits per heavy atom. The van der Waals surface area contributed by atoms with E-state index in [-0.39, 0.29) is 0 Å². The molecule has 2 atom stereocenters. The summed E-state index contributed by atoms with van der Waals surface area (Å²) in [7, 11) is 0. The van der Waals surface area contributed by atoms with E-state index in [1.807, 2.05) is 25.1 Å². The highest BCUT2D eigenvalue weighted by Gasteiger charge is 2.33. The fourth-order valence-electron chi connectivity index (χ4n) is 4.39. The Balaban J connectivity index is 1.56. The molecule has 1 saturated carbocycles. The predicted octanol–water partition coefficient (Wildman–Crippen LogP) is 5.07. The highest BCUT2D eigenvalue weighted by atomic mass is 19.2. The molecule has 0 radical (unpaired) electrons. The molecule has 6 heteroatoms. The zero-order chi connectivity index (χ0) is 20.2. The SMILES string of the molecule is Cc1cc(C[C@@H]2CCC[C@H]2N(Cc2ccncc2)Cc2ccc(F)c(F)c2)on1. The van der Waals surface area contributed by atoms with E-state index in [2.05, 4.69) is 15.0 Å². The number of rotatable bonds is 7. The van der Waals surface area contributed by atoms with Gasteiger partial charge in [0.1, 0.15) is 5.76 Å². The lowest BCUT2D eigenvalue weighted by Crippen LogP contribution is -2.37. The van der Waals surface area contributed by atoms with E-state index < -0.39 is 11.6 Å². The number of benzene rings is 1. The highest BCUT2D eigenvalue weighted by molar-refractivity contribution is 5.19. The van der Waals surface area contributed by atoms with Crippen molar-refractivity contribution in [1.29, 1.82) is 0 Å².